The molecule has 0 bridgehead atoms. The summed E-state index contributed by atoms with van der Waals surface area (Å²) in [6.45, 7) is 3.18. The summed E-state index contributed by atoms with van der Waals surface area (Å²) in [7, 11) is 0. The van der Waals surface area contributed by atoms with E-state index in [2.05, 4.69) is 44.8 Å². The number of rotatable bonds is 6. The molecule has 1 aliphatic heterocycles. The maximum Gasteiger partial charge on any atom is 0.341 e. The highest BCUT2D eigenvalue weighted by Crippen LogP contribution is 2.37. The molecule has 1 saturated heterocycles. The third kappa shape index (κ3) is 4.34. The van der Waals surface area contributed by atoms with Crippen LogP contribution in [0.25, 0.3) is 11.1 Å². The monoisotopic (exact) mass is 433 g/mol. The Labute approximate surface area is 186 Å². The zero-order valence-electron chi connectivity index (χ0n) is 18.1. The molecule has 1 fully saturated rings. The van der Waals surface area contributed by atoms with Gasteiger partial charge in [-0.2, -0.15) is 0 Å². The first-order valence-corrected chi connectivity index (χ1v) is 10.9. The zero-order valence-corrected chi connectivity index (χ0v) is 18.1. The summed E-state index contributed by atoms with van der Waals surface area (Å²) >= 11 is 0. The molecule has 2 amide bonds. The van der Waals surface area contributed by atoms with E-state index in [1.54, 1.807) is 4.90 Å². The molecule has 3 N–H and O–H groups in total. The molecule has 8 nitrogen and oxygen atoms in total. The Balaban J connectivity index is 1.68. The van der Waals surface area contributed by atoms with Gasteiger partial charge in [0.25, 0.3) is 5.91 Å². The smallest absolute Gasteiger partial charge is 0.341 e. The summed E-state index contributed by atoms with van der Waals surface area (Å²) in [6, 6.07) is 18.2. The van der Waals surface area contributed by atoms with E-state index in [0.717, 1.165) is 16.7 Å². The van der Waals surface area contributed by atoms with Crippen molar-refractivity contribution in [2.75, 3.05) is 19.6 Å². The summed E-state index contributed by atoms with van der Waals surface area (Å²) < 4.78 is 0. The number of nitrogens with one attached hydrogen (secondary N) is 3. The van der Waals surface area contributed by atoms with Crippen molar-refractivity contribution in [2.45, 2.75) is 26.2 Å². The van der Waals surface area contributed by atoms with Crippen molar-refractivity contribution in [3.8, 4) is 11.1 Å². The van der Waals surface area contributed by atoms with Gasteiger partial charge in [-0.1, -0.05) is 54.6 Å². The second-order valence-electron chi connectivity index (χ2n) is 8.20. The second-order valence-corrected chi connectivity index (χ2v) is 8.20. The molecule has 2 heterocycles. The average Bonchev–Trinajstić information content (AvgIpc) is 3.26. The number of carbonyl (C=O) groups is 2. The van der Waals surface area contributed by atoms with Crippen LogP contribution >= 0.6 is 0 Å². The fourth-order valence-electron chi connectivity index (χ4n) is 4.52. The molecule has 0 saturated carbocycles. The van der Waals surface area contributed by atoms with Crippen molar-refractivity contribution in [1.29, 1.82) is 0 Å². The van der Waals surface area contributed by atoms with Crippen molar-refractivity contribution in [1.82, 2.24) is 25.4 Å². The number of nitrogens with zero attached hydrogens (tertiary/aromatic N) is 2. The lowest BCUT2D eigenvalue weighted by atomic mass is 9.73. The van der Waals surface area contributed by atoms with E-state index in [9.17, 15) is 14.4 Å². The van der Waals surface area contributed by atoms with Gasteiger partial charge >= 0.3 is 5.69 Å². The van der Waals surface area contributed by atoms with Gasteiger partial charge in [-0.3, -0.25) is 14.6 Å². The molecule has 1 atom stereocenters. The molecule has 1 aromatic heterocycles. The van der Waals surface area contributed by atoms with Crippen LogP contribution in [0.5, 0.6) is 0 Å². The maximum atomic E-state index is 13.4. The summed E-state index contributed by atoms with van der Waals surface area (Å²) in [4.78, 5) is 41.8. The number of H-pyrrole nitrogens is 2. The van der Waals surface area contributed by atoms with Gasteiger partial charge in [0.15, 0.2) is 0 Å². The molecule has 0 spiro atoms. The molecule has 0 aliphatic carbocycles. The number of aromatic nitrogens is 3. The Hall–Kier alpha value is -3.68. The van der Waals surface area contributed by atoms with Crippen molar-refractivity contribution in [2.24, 2.45) is 5.41 Å². The maximum absolute atomic E-state index is 13.4. The highest BCUT2D eigenvalue weighted by molar-refractivity contribution is 5.91. The van der Waals surface area contributed by atoms with Crippen LogP contribution in [0.2, 0.25) is 0 Å². The van der Waals surface area contributed by atoms with Crippen LogP contribution in [-0.2, 0) is 11.2 Å². The van der Waals surface area contributed by atoms with Crippen LogP contribution in [0.1, 0.15) is 35.9 Å². The number of piperidine rings is 1. The van der Waals surface area contributed by atoms with E-state index in [4.69, 9.17) is 0 Å². The fraction of sp³-hybridized carbons (Fsp3) is 0.333. The van der Waals surface area contributed by atoms with Crippen LogP contribution in [0.4, 0.5) is 0 Å². The van der Waals surface area contributed by atoms with Gasteiger partial charge in [0.05, 0.1) is 5.41 Å². The van der Waals surface area contributed by atoms with E-state index in [-0.39, 0.29) is 24.2 Å². The normalized spacial score (nSPS) is 18.3. The van der Waals surface area contributed by atoms with E-state index in [1.165, 1.54) is 0 Å². The molecule has 1 aliphatic rings. The van der Waals surface area contributed by atoms with Gasteiger partial charge in [-0.25, -0.2) is 9.89 Å². The Bertz CT molecular complexity index is 1150. The standard InChI is InChI=1S/C24H27N5O3/c1-2-25-22(31)24(13-8-14-29(16-24)21(30)20-26-23(32)28-27-20)15-18-11-6-7-12-19(18)17-9-4-3-5-10-17/h3-7,9-12H,2,8,13-16H2,1H3,(H,25,31)(H2,26,27,28,32)/t24-/m1/s1. The molecule has 2 aromatic carbocycles. The largest absolute Gasteiger partial charge is 0.356 e. The Morgan fingerprint density at radius 3 is 2.59 bits per heavy atom. The molecule has 8 heteroatoms. The van der Waals surface area contributed by atoms with Gasteiger partial charge in [-0.15, -0.1) is 5.10 Å². The number of aromatic amines is 2. The highest BCUT2D eigenvalue weighted by atomic mass is 16.2. The van der Waals surface area contributed by atoms with Crippen LogP contribution in [0, 0.1) is 5.41 Å². The number of likely N-dealkylation sites (tertiary alicyclic amines) is 1. The first kappa shape index (κ1) is 21.5. The number of benzene rings is 2. The third-order valence-electron chi connectivity index (χ3n) is 6.02. The topological polar surface area (TPSA) is 111 Å². The summed E-state index contributed by atoms with van der Waals surface area (Å²) in [5, 5.41) is 8.99. The van der Waals surface area contributed by atoms with Crippen molar-refractivity contribution in [3.05, 3.63) is 76.5 Å². The minimum absolute atomic E-state index is 0.0358. The first-order chi connectivity index (χ1) is 15.5. The molecule has 3 aromatic rings. The Morgan fingerprint density at radius 2 is 1.88 bits per heavy atom. The first-order valence-electron chi connectivity index (χ1n) is 10.9. The van der Waals surface area contributed by atoms with Gasteiger partial charge in [-0.05, 0) is 42.9 Å². The van der Waals surface area contributed by atoms with Crippen molar-refractivity contribution >= 4 is 11.8 Å². The number of carbonyl (C=O) groups excluding carboxylic acids is 2. The van der Waals surface area contributed by atoms with Gasteiger partial charge in [0, 0.05) is 19.6 Å². The van der Waals surface area contributed by atoms with Gasteiger partial charge in [0.1, 0.15) is 0 Å². The minimum Gasteiger partial charge on any atom is -0.356 e. The minimum atomic E-state index is -0.772. The fourth-order valence-corrected chi connectivity index (χ4v) is 4.52. The van der Waals surface area contributed by atoms with Crippen LogP contribution in [-0.4, -0.2) is 51.5 Å². The van der Waals surface area contributed by atoms with Gasteiger partial charge < -0.3 is 10.2 Å². The van der Waals surface area contributed by atoms with Crippen molar-refractivity contribution < 1.29 is 9.59 Å². The molecule has 32 heavy (non-hydrogen) atoms. The number of hydrogen-bond acceptors (Lipinski definition) is 4. The average molecular weight is 434 g/mol. The molecule has 4 rings (SSSR count). The van der Waals surface area contributed by atoms with Gasteiger partial charge in [0.2, 0.25) is 11.7 Å². The SMILES string of the molecule is CCNC(=O)[C@@]1(Cc2ccccc2-c2ccccc2)CCCN(C(=O)c2n[nH]c(=O)[nH]2)C1. The molecular weight excluding hydrogens is 406 g/mol. The lowest BCUT2D eigenvalue weighted by molar-refractivity contribution is -0.133. The highest BCUT2D eigenvalue weighted by Gasteiger charge is 2.44. The lowest BCUT2D eigenvalue weighted by Gasteiger charge is -2.41. The van der Waals surface area contributed by atoms with Crippen molar-refractivity contribution in [3.63, 3.8) is 0 Å². The lowest BCUT2D eigenvalue weighted by Crippen LogP contribution is -2.54. The zero-order chi connectivity index (χ0) is 22.6. The van der Waals surface area contributed by atoms with E-state index in [1.807, 2.05) is 37.3 Å². The Morgan fingerprint density at radius 1 is 1.12 bits per heavy atom. The third-order valence-corrected chi connectivity index (χ3v) is 6.02. The van der Waals surface area contributed by atoms with E-state index in [0.29, 0.717) is 32.4 Å². The summed E-state index contributed by atoms with van der Waals surface area (Å²) in [5.41, 5.74) is 1.93. The van der Waals surface area contributed by atoms with Crippen LogP contribution in [0.15, 0.2) is 59.4 Å². The number of amides is 2. The summed E-state index contributed by atoms with van der Waals surface area (Å²) in [6.07, 6.45) is 1.86. The summed E-state index contributed by atoms with van der Waals surface area (Å²) in [5.74, 6) is -0.477. The van der Waals surface area contributed by atoms with Crippen LogP contribution < -0.4 is 11.0 Å². The molecule has 0 radical (unpaired) electrons. The molecule has 166 valence electrons. The second kappa shape index (κ2) is 9.21. The van der Waals surface area contributed by atoms with Crippen LogP contribution in [0.3, 0.4) is 0 Å². The van der Waals surface area contributed by atoms with E-state index >= 15 is 0 Å². The van der Waals surface area contributed by atoms with E-state index < -0.39 is 11.1 Å². The quantitative estimate of drug-likeness (QED) is 0.554. The predicted octanol–water partition coefficient (Wildman–Crippen LogP) is 2.37. The predicted molar refractivity (Wildman–Crippen MR) is 121 cm³/mol. The Kier molecular flexibility index (Phi) is 6.20. The molecular formula is C24H27N5O3. The molecule has 0 unspecified atom stereocenters. The number of hydrogen-bond donors (Lipinski definition) is 3.